The van der Waals surface area contributed by atoms with Gasteiger partial charge in [-0.15, -0.1) is 0 Å². The molecule has 0 aliphatic carbocycles. The second-order valence-electron chi connectivity index (χ2n) is 11.6. The highest BCUT2D eigenvalue weighted by Crippen LogP contribution is 2.57. The minimum Gasteiger partial charge on any atom is -0.459 e. The zero-order chi connectivity index (χ0) is 28.0. The summed E-state index contributed by atoms with van der Waals surface area (Å²) < 4.78 is 41.0. The van der Waals surface area contributed by atoms with E-state index in [0.717, 1.165) is 46.4 Å². The van der Waals surface area contributed by atoms with Crippen molar-refractivity contribution in [2.75, 3.05) is 16.3 Å². The van der Waals surface area contributed by atoms with Crippen LogP contribution in [-0.2, 0) is 22.0 Å². The van der Waals surface area contributed by atoms with Crippen molar-refractivity contribution >= 4 is 49.9 Å². The number of nitrogens with zero attached hydrogens (tertiary/aromatic N) is 3. The van der Waals surface area contributed by atoms with Gasteiger partial charge in [-0.1, -0.05) is 42.5 Å². The van der Waals surface area contributed by atoms with Gasteiger partial charge >= 0.3 is 0 Å². The van der Waals surface area contributed by atoms with Gasteiger partial charge in [-0.25, -0.2) is 0 Å². The molecule has 204 valence electrons. The maximum absolute atomic E-state index is 12.0. The van der Waals surface area contributed by atoms with Crippen molar-refractivity contribution in [3.05, 3.63) is 83.9 Å². The first-order valence-electron chi connectivity index (χ1n) is 13.6. The fourth-order valence-corrected chi connectivity index (χ4v) is 7.31. The van der Waals surface area contributed by atoms with Crippen molar-refractivity contribution in [3.8, 4) is 5.75 Å². The van der Waals surface area contributed by atoms with E-state index in [0.29, 0.717) is 5.75 Å². The standard InChI is InChI=1S/C32H31N3O4S/c1-20(2)35-27-14-13-22(40(36,37)38)17-25(27)31(3,4)32(35)19-33-30-24-11-7-6-10-23(24)28(18-29(30)39-32)34-16-15-21-9-5-8-12-26(21)34/h5-14,17-20H,15-16H2,1-4H3,(H,36,37,38). The summed E-state index contributed by atoms with van der Waals surface area (Å²) in [6.45, 7) is 9.13. The number of ether oxygens (including phenoxy) is 1. The van der Waals surface area contributed by atoms with E-state index in [1.54, 1.807) is 12.1 Å². The molecule has 3 heterocycles. The van der Waals surface area contributed by atoms with E-state index in [1.807, 2.05) is 26.1 Å². The van der Waals surface area contributed by atoms with Crippen molar-refractivity contribution < 1.29 is 17.7 Å². The van der Waals surface area contributed by atoms with E-state index in [2.05, 4.69) is 72.2 Å². The van der Waals surface area contributed by atoms with E-state index >= 15 is 0 Å². The third-order valence-electron chi connectivity index (χ3n) is 8.74. The first-order valence-corrected chi connectivity index (χ1v) is 15.0. The predicted molar refractivity (Wildman–Crippen MR) is 160 cm³/mol. The first kappa shape index (κ1) is 25.1. The highest BCUT2D eigenvalue weighted by molar-refractivity contribution is 7.85. The molecule has 4 aromatic rings. The van der Waals surface area contributed by atoms with Gasteiger partial charge in [-0.05, 0) is 69.5 Å². The summed E-state index contributed by atoms with van der Waals surface area (Å²) in [5.41, 5.74) is 4.30. The third kappa shape index (κ3) is 3.32. The number of fused-ring (bicyclic) bond motifs is 5. The lowest BCUT2D eigenvalue weighted by molar-refractivity contribution is 0.0725. The molecular weight excluding hydrogens is 522 g/mol. The molecule has 0 saturated carbocycles. The van der Waals surface area contributed by atoms with Crippen molar-refractivity contribution in [1.29, 1.82) is 0 Å². The van der Waals surface area contributed by atoms with Crippen LogP contribution in [-0.4, -0.2) is 37.5 Å². The van der Waals surface area contributed by atoms with Crippen molar-refractivity contribution in [2.45, 2.75) is 56.2 Å². The maximum Gasteiger partial charge on any atom is 0.294 e. The zero-order valence-corrected chi connectivity index (χ0v) is 23.7. The van der Waals surface area contributed by atoms with Crippen LogP contribution in [0, 0.1) is 0 Å². The molecule has 1 unspecified atom stereocenters. The highest BCUT2D eigenvalue weighted by atomic mass is 32.2. The van der Waals surface area contributed by atoms with Crippen LogP contribution >= 0.6 is 0 Å². The molecule has 1 spiro atoms. The Morgan fingerprint density at radius 2 is 1.65 bits per heavy atom. The molecule has 0 amide bonds. The summed E-state index contributed by atoms with van der Waals surface area (Å²) in [6.07, 6.45) is 2.85. The number of anilines is 3. The van der Waals surface area contributed by atoms with Gasteiger partial charge in [0.05, 0.1) is 22.2 Å². The molecule has 1 atom stereocenters. The fourth-order valence-electron chi connectivity index (χ4n) is 6.81. The van der Waals surface area contributed by atoms with Crippen molar-refractivity contribution in [2.24, 2.45) is 4.99 Å². The Bertz CT molecular complexity index is 1850. The lowest BCUT2D eigenvalue weighted by Crippen LogP contribution is -2.64. The molecule has 7 nitrogen and oxygen atoms in total. The highest BCUT2D eigenvalue weighted by Gasteiger charge is 2.60. The summed E-state index contributed by atoms with van der Waals surface area (Å²) >= 11 is 0. The Morgan fingerprint density at radius 3 is 2.40 bits per heavy atom. The molecule has 8 heteroatoms. The third-order valence-corrected chi connectivity index (χ3v) is 9.59. The van der Waals surface area contributed by atoms with Gasteiger partial charge in [0.1, 0.15) is 5.69 Å². The minimum atomic E-state index is -4.37. The Balaban J connectivity index is 1.43. The summed E-state index contributed by atoms with van der Waals surface area (Å²) in [4.78, 5) is 9.47. The zero-order valence-electron chi connectivity index (χ0n) is 22.9. The average molecular weight is 554 g/mol. The lowest BCUT2D eigenvalue weighted by atomic mass is 9.77. The largest absolute Gasteiger partial charge is 0.459 e. The van der Waals surface area contributed by atoms with E-state index in [4.69, 9.17) is 9.73 Å². The minimum absolute atomic E-state index is 0.00972. The number of hydrogen-bond acceptors (Lipinski definition) is 6. The van der Waals surface area contributed by atoms with Crippen molar-refractivity contribution in [3.63, 3.8) is 0 Å². The van der Waals surface area contributed by atoms with Crippen LogP contribution in [0.3, 0.4) is 0 Å². The van der Waals surface area contributed by atoms with E-state index < -0.39 is 21.3 Å². The van der Waals surface area contributed by atoms with Crippen molar-refractivity contribution in [1.82, 2.24) is 0 Å². The number of hydrogen-bond donors (Lipinski definition) is 1. The number of benzene rings is 4. The number of aliphatic imine (C=N–C) groups is 1. The van der Waals surface area contributed by atoms with Crippen LogP contribution < -0.4 is 14.5 Å². The molecule has 7 rings (SSSR count). The second kappa shape index (κ2) is 8.32. The van der Waals surface area contributed by atoms with Crippen LogP contribution in [0.25, 0.3) is 10.8 Å². The van der Waals surface area contributed by atoms with Gasteiger partial charge in [-0.2, -0.15) is 8.42 Å². The predicted octanol–water partition coefficient (Wildman–Crippen LogP) is 6.78. The molecule has 0 saturated heterocycles. The van der Waals surface area contributed by atoms with Crippen LogP contribution in [0.2, 0.25) is 0 Å². The molecule has 0 fully saturated rings. The van der Waals surface area contributed by atoms with Crippen LogP contribution in [0.1, 0.15) is 38.8 Å². The van der Waals surface area contributed by atoms with Gasteiger partial charge in [-0.3, -0.25) is 9.55 Å². The second-order valence-corrected chi connectivity index (χ2v) is 13.0. The average Bonchev–Trinajstić information content (AvgIpc) is 3.42. The molecule has 1 N–H and O–H groups in total. The molecule has 0 aromatic heterocycles. The Morgan fingerprint density at radius 1 is 0.925 bits per heavy atom. The SMILES string of the molecule is CC(C)N1c2ccc(S(=O)(=O)O)cc2C(C)(C)C12C=Nc1c(cc(N3CCc4ccccc43)c3ccccc13)O2. The monoisotopic (exact) mass is 553 g/mol. The molecule has 0 radical (unpaired) electrons. The van der Waals surface area contributed by atoms with Gasteiger partial charge in [0, 0.05) is 40.8 Å². The molecule has 3 aliphatic rings. The van der Waals surface area contributed by atoms with Crippen LogP contribution in [0.15, 0.2) is 82.7 Å². The first-order chi connectivity index (χ1) is 19.0. The molecule has 3 aliphatic heterocycles. The topological polar surface area (TPSA) is 82.4 Å². The summed E-state index contributed by atoms with van der Waals surface area (Å²) in [5, 5.41) is 2.13. The molecule has 4 aromatic carbocycles. The quantitative estimate of drug-likeness (QED) is 0.282. The lowest BCUT2D eigenvalue weighted by Gasteiger charge is -2.48. The van der Waals surface area contributed by atoms with Gasteiger partial charge in [0.15, 0.2) is 5.75 Å². The maximum atomic E-state index is 12.0. The van der Waals surface area contributed by atoms with E-state index in [-0.39, 0.29) is 10.9 Å². The molecule has 40 heavy (non-hydrogen) atoms. The summed E-state index contributed by atoms with van der Waals surface area (Å²) in [6, 6.07) is 23.7. The Hall–Kier alpha value is -3.88. The fraction of sp³-hybridized carbons (Fsp3) is 0.281. The number of rotatable bonds is 3. The van der Waals surface area contributed by atoms with E-state index in [1.165, 1.54) is 17.3 Å². The van der Waals surface area contributed by atoms with E-state index in [9.17, 15) is 13.0 Å². The van der Waals surface area contributed by atoms with Crippen LogP contribution in [0.5, 0.6) is 5.75 Å². The molecular formula is C32H31N3O4S. The van der Waals surface area contributed by atoms with Crippen LogP contribution in [0.4, 0.5) is 22.7 Å². The normalized spacial score (nSPS) is 20.6. The van der Waals surface area contributed by atoms with Gasteiger partial charge in [0.2, 0.25) is 5.72 Å². The summed E-state index contributed by atoms with van der Waals surface area (Å²) in [7, 11) is -4.37. The van der Waals surface area contributed by atoms with Gasteiger partial charge < -0.3 is 14.5 Å². The Labute approximate surface area is 234 Å². The summed E-state index contributed by atoms with van der Waals surface area (Å²) in [5.74, 6) is 0.683. The molecule has 0 bridgehead atoms. The smallest absolute Gasteiger partial charge is 0.294 e. The number of para-hydroxylation sites is 1. The Kier molecular flexibility index (Phi) is 5.22. The van der Waals surface area contributed by atoms with Gasteiger partial charge in [0.25, 0.3) is 10.1 Å².